The summed E-state index contributed by atoms with van der Waals surface area (Å²) in [6.07, 6.45) is 0. The van der Waals surface area contributed by atoms with Gasteiger partial charge in [-0.25, -0.2) is 4.79 Å². The number of hydrogen-bond acceptors (Lipinski definition) is 3. The van der Waals surface area contributed by atoms with Crippen molar-refractivity contribution in [2.24, 2.45) is 0 Å². The third kappa shape index (κ3) is 3.45. The van der Waals surface area contributed by atoms with Gasteiger partial charge in [0.25, 0.3) is 0 Å². The largest absolute Gasteiger partial charge is 0.487 e. The first-order valence-corrected chi connectivity index (χ1v) is 7.76. The Balaban J connectivity index is 2.25. The van der Waals surface area contributed by atoms with Gasteiger partial charge < -0.3 is 9.84 Å². The van der Waals surface area contributed by atoms with Crippen molar-refractivity contribution in [3.05, 3.63) is 50.7 Å². The van der Waals surface area contributed by atoms with E-state index in [9.17, 15) is 9.90 Å². The Morgan fingerprint density at radius 2 is 1.90 bits per heavy atom. The fraction of sp³-hybridized carbons (Fsp3) is 0.353. The number of aromatic carboxylic acids is 1. The molecule has 1 N–H and O–H groups in total. The van der Waals surface area contributed by atoms with Crippen molar-refractivity contribution in [3.8, 4) is 5.75 Å². The predicted octanol–water partition coefficient (Wildman–Crippen LogP) is 4.77. The van der Waals surface area contributed by atoms with Crippen LogP contribution in [-0.2, 0) is 6.61 Å². The van der Waals surface area contributed by atoms with Gasteiger partial charge in [0.2, 0.25) is 0 Å². The molecule has 0 fully saturated rings. The predicted molar refractivity (Wildman–Crippen MR) is 85.6 cm³/mol. The Kier molecular flexibility index (Phi) is 4.68. The van der Waals surface area contributed by atoms with Gasteiger partial charge in [-0.1, -0.05) is 32.0 Å². The monoisotopic (exact) mass is 304 g/mol. The average Bonchev–Trinajstić information content (AvgIpc) is 2.82. The van der Waals surface area contributed by atoms with Crippen LogP contribution in [-0.4, -0.2) is 11.1 Å². The highest BCUT2D eigenvalue weighted by Crippen LogP contribution is 2.34. The van der Waals surface area contributed by atoms with Crippen molar-refractivity contribution in [2.45, 2.75) is 40.2 Å². The molecule has 2 rings (SSSR count). The van der Waals surface area contributed by atoms with Crippen LogP contribution in [0.5, 0.6) is 5.75 Å². The molecular weight excluding hydrogens is 284 g/mol. The summed E-state index contributed by atoms with van der Waals surface area (Å²) >= 11 is 1.29. The SMILES string of the molecule is Cc1cccc(C)c1COc1cc(C(C)C)sc1C(=O)O. The van der Waals surface area contributed by atoms with E-state index in [1.807, 2.05) is 52.0 Å². The molecule has 3 nitrogen and oxygen atoms in total. The summed E-state index contributed by atoms with van der Waals surface area (Å²) in [7, 11) is 0. The van der Waals surface area contributed by atoms with Crippen LogP contribution in [0.25, 0.3) is 0 Å². The van der Waals surface area contributed by atoms with Crippen molar-refractivity contribution >= 4 is 17.3 Å². The minimum Gasteiger partial charge on any atom is -0.487 e. The van der Waals surface area contributed by atoms with Crippen molar-refractivity contribution < 1.29 is 14.6 Å². The highest BCUT2D eigenvalue weighted by Gasteiger charge is 2.18. The number of carboxylic acid groups (broad SMARTS) is 1. The number of carboxylic acids is 1. The summed E-state index contributed by atoms with van der Waals surface area (Å²) < 4.78 is 5.81. The first-order valence-electron chi connectivity index (χ1n) is 6.95. The Morgan fingerprint density at radius 1 is 1.29 bits per heavy atom. The molecule has 0 unspecified atom stereocenters. The van der Waals surface area contributed by atoms with E-state index in [0.29, 0.717) is 18.3 Å². The third-order valence-corrected chi connectivity index (χ3v) is 4.90. The molecule has 0 aliphatic heterocycles. The molecule has 0 amide bonds. The second-order valence-electron chi connectivity index (χ2n) is 5.46. The number of thiophene rings is 1. The van der Waals surface area contributed by atoms with Gasteiger partial charge in [0, 0.05) is 4.88 Å². The molecule has 1 heterocycles. The molecular formula is C17H20O3S. The molecule has 1 aromatic heterocycles. The lowest BCUT2D eigenvalue weighted by molar-refractivity contribution is 0.0697. The number of rotatable bonds is 5. The molecule has 0 atom stereocenters. The number of benzene rings is 1. The smallest absolute Gasteiger partial charge is 0.349 e. The van der Waals surface area contributed by atoms with Gasteiger partial charge >= 0.3 is 5.97 Å². The lowest BCUT2D eigenvalue weighted by Crippen LogP contribution is -2.03. The first-order chi connectivity index (χ1) is 9.90. The van der Waals surface area contributed by atoms with Gasteiger partial charge in [-0.2, -0.15) is 0 Å². The zero-order chi connectivity index (χ0) is 15.6. The van der Waals surface area contributed by atoms with Gasteiger partial charge in [0.05, 0.1) is 0 Å². The molecule has 0 spiro atoms. The average molecular weight is 304 g/mol. The van der Waals surface area contributed by atoms with Gasteiger partial charge in [-0.15, -0.1) is 11.3 Å². The molecule has 0 saturated carbocycles. The molecule has 0 aliphatic carbocycles. The Morgan fingerprint density at radius 3 is 2.43 bits per heavy atom. The van der Waals surface area contributed by atoms with Crippen LogP contribution < -0.4 is 4.74 Å². The van der Waals surface area contributed by atoms with Gasteiger partial charge in [-0.05, 0) is 42.5 Å². The zero-order valence-corrected chi connectivity index (χ0v) is 13.6. The van der Waals surface area contributed by atoms with Gasteiger partial charge in [0.15, 0.2) is 4.88 Å². The van der Waals surface area contributed by atoms with E-state index in [-0.39, 0.29) is 4.88 Å². The maximum Gasteiger partial charge on any atom is 0.349 e. The molecule has 0 saturated heterocycles. The van der Waals surface area contributed by atoms with Crippen molar-refractivity contribution in [1.82, 2.24) is 0 Å². The fourth-order valence-corrected chi connectivity index (χ4v) is 3.10. The topological polar surface area (TPSA) is 46.5 Å². The fourth-order valence-electron chi connectivity index (χ4n) is 2.16. The van der Waals surface area contributed by atoms with E-state index in [2.05, 4.69) is 0 Å². The molecule has 1 aromatic carbocycles. The summed E-state index contributed by atoms with van der Waals surface area (Å²) in [5, 5.41) is 9.30. The Bertz CT molecular complexity index is 636. The van der Waals surface area contributed by atoms with E-state index in [0.717, 1.165) is 21.6 Å². The lowest BCUT2D eigenvalue weighted by atomic mass is 10.0. The van der Waals surface area contributed by atoms with Crippen molar-refractivity contribution in [2.75, 3.05) is 0 Å². The minimum atomic E-state index is -0.927. The summed E-state index contributed by atoms with van der Waals surface area (Å²) in [6.45, 7) is 8.57. The minimum absolute atomic E-state index is 0.282. The van der Waals surface area contributed by atoms with E-state index in [1.54, 1.807) is 0 Å². The van der Waals surface area contributed by atoms with Gasteiger partial charge in [0.1, 0.15) is 12.4 Å². The van der Waals surface area contributed by atoms with Crippen LogP contribution in [0.4, 0.5) is 0 Å². The third-order valence-electron chi connectivity index (χ3n) is 3.50. The highest BCUT2D eigenvalue weighted by atomic mass is 32.1. The van der Waals surface area contributed by atoms with Gasteiger partial charge in [-0.3, -0.25) is 0 Å². The summed E-state index contributed by atoms with van der Waals surface area (Å²) in [5.41, 5.74) is 3.43. The molecule has 0 aliphatic rings. The molecule has 21 heavy (non-hydrogen) atoms. The van der Waals surface area contributed by atoms with Crippen LogP contribution in [0, 0.1) is 13.8 Å². The standard InChI is InChI=1S/C17H20O3S/c1-10(2)15-8-14(16(21-15)17(18)19)20-9-13-11(3)6-5-7-12(13)4/h5-8,10H,9H2,1-4H3,(H,18,19). The van der Waals surface area contributed by atoms with Crippen LogP contribution in [0.1, 0.15) is 51.0 Å². The first kappa shape index (κ1) is 15.6. The number of hydrogen-bond donors (Lipinski definition) is 1. The second kappa shape index (κ2) is 6.31. The van der Waals surface area contributed by atoms with E-state index >= 15 is 0 Å². The van der Waals surface area contributed by atoms with Crippen LogP contribution in [0.3, 0.4) is 0 Å². The Labute approximate surface area is 129 Å². The quantitative estimate of drug-likeness (QED) is 0.865. The normalized spacial score (nSPS) is 10.9. The maximum atomic E-state index is 11.3. The zero-order valence-electron chi connectivity index (χ0n) is 12.8. The van der Waals surface area contributed by atoms with Crippen molar-refractivity contribution in [1.29, 1.82) is 0 Å². The Hall–Kier alpha value is -1.81. The number of ether oxygens (including phenoxy) is 1. The van der Waals surface area contributed by atoms with Crippen LogP contribution in [0.15, 0.2) is 24.3 Å². The number of aryl methyl sites for hydroxylation is 2. The molecule has 0 bridgehead atoms. The van der Waals surface area contributed by atoms with Crippen LogP contribution in [0.2, 0.25) is 0 Å². The van der Waals surface area contributed by atoms with E-state index in [1.165, 1.54) is 11.3 Å². The second-order valence-corrected chi connectivity index (χ2v) is 6.54. The molecule has 0 radical (unpaired) electrons. The maximum absolute atomic E-state index is 11.3. The number of carbonyl (C=O) groups is 1. The van der Waals surface area contributed by atoms with Crippen molar-refractivity contribution in [3.63, 3.8) is 0 Å². The molecule has 112 valence electrons. The molecule has 4 heteroatoms. The summed E-state index contributed by atoms with van der Waals surface area (Å²) in [5.74, 6) is -0.159. The van der Waals surface area contributed by atoms with E-state index < -0.39 is 5.97 Å². The van der Waals surface area contributed by atoms with E-state index in [4.69, 9.17) is 4.74 Å². The highest BCUT2D eigenvalue weighted by molar-refractivity contribution is 7.14. The summed E-state index contributed by atoms with van der Waals surface area (Å²) in [4.78, 5) is 12.6. The molecule has 2 aromatic rings. The van der Waals surface area contributed by atoms with Crippen LogP contribution >= 0.6 is 11.3 Å². The lowest BCUT2D eigenvalue weighted by Gasteiger charge is -2.11. The summed E-state index contributed by atoms with van der Waals surface area (Å²) in [6, 6.07) is 7.94.